The number of esters is 1. The fraction of sp³-hybridized carbons (Fsp3) is 0.263. The van der Waals surface area contributed by atoms with E-state index in [0.717, 1.165) is 12.0 Å². The molecule has 0 spiro atoms. The van der Waals surface area contributed by atoms with E-state index >= 15 is 0 Å². The SMILES string of the molecule is CCCC(OC(=O)c1ccc(Cl)cc1)C(=O)NCc1ccccc1. The molecule has 2 aromatic rings. The summed E-state index contributed by atoms with van der Waals surface area (Å²) in [6.07, 6.45) is 0.402. The van der Waals surface area contributed by atoms with Crippen molar-refractivity contribution in [3.8, 4) is 0 Å². The summed E-state index contributed by atoms with van der Waals surface area (Å²) >= 11 is 5.81. The number of nitrogens with one attached hydrogen (secondary N) is 1. The molecule has 0 bridgehead atoms. The lowest BCUT2D eigenvalue weighted by Crippen LogP contribution is -2.37. The highest BCUT2D eigenvalue weighted by Crippen LogP contribution is 2.13. The molecule has 0 heterocycles. The quantitative estimate of drug-likeness (QED) is 0.772. The molecule has 1 amide bonds. The monoisotopic (exact) mass is 345 g/mol. The van der Waals surface area contributed by atoms with Gasteiger partial charge in [-0.2, -0.15) is 0 Å². The number of carbonyl (C=O) groups is 2. The molecule has 0 aliphatic rings. The van der Waals surface area contributed by atoms with E-state index in [1.807, 2.05) is 37.3 Å². The number of hydrogen-bond donors (Lipinski definition) is 1. The van der Waals surface area contributed by atoms with E-state index in [0.29, 0.717) is 23.6 Å². The molecule has 4 nitrogen and oxygen atoms in total. The summed E-state index contributed by atoms with van der Waals surface area (Å²) < 4.78 is 5.37. The van der Waals surface area contributed by atoms with Crippen LogP contribution in [0.5, 0.6) is 0 Å². The average Bonchev–Trinajstić information content (AvgIpc) is 2.60. The van der Waals surface area contributed by atoms with Crippen LogP contribution in [0.2, 0.25) is 5.02 Å². The van der Waals surface area contributed by atoms with Crippen molar-refractivity contribution in [2.24, 2.45) is 0 Å². The summed E-state index contributed by atoms with van der Waals surface area (Å²) in [5.74, 6) is -0.817. The number of rotatable bonds is 7. The lowest BCUT2D eigenvalue weighted by Gasteiger charge is -2.17. The number of ether oxygens (including phenoxy) is 1. The number of amides is 1. The van der Waals surface area contributed by atoms with Crippen molar-refractivity contribution < 1.29 is 14.3 Å². The lowest BCUT2D eigenvalue weighted by molar-refractivity contribution is -0.130. The summed E-state index contributed by atoms with van der Waals surface area (Å²) in [4.78, 5) is 24.5. The third-order valence-corrected chi connectivity index (χ3v) is 3.73. The molecule has 2 aromatic carbocycles. The zero-order chi connectivity index (χ0) is 17.4. The van der Waals surface area contributed by atoms with Gasteiger partial charge in [0.15, 0.2) is 6.10 Å². The maximum atomic E-state index is 12.3. The third-order valence-electron chi connectivity index (χ3n) is 3.48. The smallest absolute Gasteiger partial charge is 0.338 e. The second kappa shape index (κ2) is 9.08. The van der Waals surface area contributed by atoms with Gasteiger partial charge in [0.2, 0.25) is 0 Å². The maximum absolute atomic E-state index is 12.3. The first kappa shape index (κ1) is 18.0. The van der Waals surface area contributed by atoms with Crippen LogP contribution < -0.4 is 5.32 Å². The van der Waals surface area contributed by atoms with E-state index in [1.54, 1.807) is 24.3 Å². The van der Waals surface area contributed by atoms with Crippen LogP contribution in [0.3, 0.4) is 0 Å². The lowest BCUT2D eigenvalue weighted by atomic mass is 10.1. The average molecular weight is 346 g/mol. The first-order valence-corrected chi connectivity index (χ1v) is 8.26. The Labute approximate surface area is 146 Å². The molecule has 0 saturated heterocycles. The second-order valence-electron chi connectivity index (χ2n) is 5.39. The second-order valence-corrected chi connectivity index (χ2v) is 5.83. The predicted molar refractivity (Wildman–Crippen MR) is 93.9 cm³/mol. The van der Waals surface area contributed by atoms with E-state index in [4.69, 9.17) is 16.3 Å². The summed E-state index contributed by atoms with van der Waals surface area (Å²) in [5.41, 5.74) is 1.36. The largest absolute Gasteiger partial charge is 0.449 e. The molecule has 1 atom stereocenters. The minimum absolute atomic E-state index is 0.289. The van der Waals surface area contributed by atoms with E-state index < -0.39 is 12.1 Å². The standard InChI is InChI=1S/C19H20ClNO3/c1-2-6-17(18(22)21-13-14-7-4-3-5-8-14)24-19(23)15-9-11-16(20)12-10-15/h3-5,7-12,17H,2,6,13H2,1H3,(H,21,22). The molecular formula is C19H20ClNO3. The highest BCUT2D eigenvalue weighted by atomic mass is 35.5. The van der Waals surface area contributed by atoms with Crippen molar-refractivity contribution in [2.75, 3.05) is 0 Å². The van der Waals surface area contributed by atoms with E-state index in [-0.39, 0.29) is 5.91 Å². The molecular weight excluding hydrogens is 326 g/mol. The molecule has 5 heteroatoms. The van der Waals surface area contributed by atoms with Crippen molar-refractivity contribution in [1.82, 2.24) is 5.32 Å². The van der Waals surface area contributed by atoms with Gasteiger partial charge in [-0.1, -0.05) is 55.3 Å². The first-order chi connectivity index (χ1) is 11.6. The van der Waals surface area contributed by atoms with E-state index in [9.17, 15) is 9.59 Å². The fourth-order valence-corrected chi connectivity index (χ4v) is 2.31. The molecule has 1 N–H and O–H groups in total. The number of halogens is 1. The predicted octanol–water partition coefficient (Wildman–Crippen LogP) is 3.98. The topological polar surface area (TPSA) is 55.4 Å². The Kier molecular flexibility index (Phi) is 6.82. The van der Waals surface area contributed by atoms with Gasteiger partial charge in [0.1, 0.15) is 0 Å². The summed E-state index contributed by atoms with van der Waals surface area (Å²) in [6.45, 7) is 2.34. The Bertz CT molecular complexity index is 671. The minimum Gasteiger partial charge on any atom is -0.449 e. The van der Waals surface area contributed by atoms with Crippen LogP contribution >= 0.6 is 11.6 Å². The Balaban J connectivity index is 1.95. The van der Waals surface area contributed by atoms with Gasteiger partial charge in [-0.3, -0.25) is 4.79 Å². The van der Waals surface area contributed by atoms with Crippen molar-refractivity contribution in [3.05, 3.63) is 70.7 Å². The molecule has 0 aliphatic heterocycles. The van der Waals surface area contributed by atoms with Gasteiger partial charge in [0.25, 0.3) is 5.91 Å². The Morgan fingerprint density at radius 1 is 1.08 bits per heavy atom. The molecule has 1 unspecified atom stereocenters. The van der Waals surface area contributed by atoms with Crippen LogP contribution in [-0.2, 0) is 16.1 Å². The van der Waals surface area contributed by atoms with Crippen molar-refractivity contribution in [3.63, 3.8) is 0 Å². The molecule has 0 fully saturated rings. The molecule has 24 heavy (non-hydrogen) atoms. The van der Waals surface area contributed by atoms with Crippen molar-refractivity contribution in [2.45, 2.75) is 32.4 Å². The van der Waals surface area contributed by atoms with Crippen LogP contribution in [0.1, 0.15) is 35.7 Å². The Morgan fingerprint density at radius 2 is 1.75 bits per heavy atom. The first-order valence-electron chi connectivity index (χ1n) is 7.88. The van der Waals surface area contributed by atoms with E-state index in [1.165, 1.54) is 0 Å². The van der Waals surface area contributed by atoms with Gasteiger partial charge in [0, 0.05) is 11.6 Å². The number of hydrogen-bond acceptors (Lipinski definition) is 3. The summed E-state index contributed by atoms with van der Waals surface area (Å²) in [5, 5.41) is 3.35. The van der Waals surface area contributed by atoms with E-state index in [2.05, 4.69) is 5.32 Å². The zero-order valence-corrected chi connectivity index (χ0v) is 14.3. The number of benzene rings is 2. The van der Waals surface area contributed by atoms with Crippen LogP contribution in [0.4, 0.5) is 0 Å². The van der Waals surface area contributed by atoms with Crippen molar-refractivity contribution >= 4 is 23.5 Å². The fourth-order valence-electron chi connectivity index (χ4n) is 2.19. The highest BCUT2D eigenvalue weighted by Gasteiger charge is 2.22. The molecule has 0 aromatic heterocycles. The molecule has 0 saturated carbocycles. The summed E-state index contributed by atoms with van der Waals surface area (Å²) in [7, 11) is 0. The Hall–Kier alpha value is -2.33. The highest BCUT2D eigenvalue weighted by molar-refractivity contribution is 6.30. The summed E-state index contributed by atoms with van der Waals surface area (Å²) in [6, 6.07) is 16.0. The van der Waals surface area contributed by atoms with Crippen LogP contribution in [-0.4, -0.2) is 18.0 Å². The third kappa shape index (κ3) is 5.39. The zero-order valence-electron chi connectivity index (χ0n) is 13.5. The molecule has 126 valence electrons. The van der Waals surface area contributed by atoms with Crippen LogP contribution in [0.15, 0.2) is 54.6 Å². The van der Waals surface area contributed by atoms with Gasteiger partial charge in [-0.15, -0.1) is 0 Å². The van der Waals surface area contributed by atoms with Gasteiger partial charge < -0.3 is 10.1 Å². The molecule has 0 aliphatic carbocycles. The number of carbonyl (C=O) groups excluding carboxylic acids is 2. The normalized spacial score (nSPS) is 11.6. The maximum Gasteiger partial charge on any atom is 0.338 e. The van der Waals surface area contributed by atoms with Gasteiger partial charge >= 0.3 is 5.97 Å². The van der Waals surface area contributed by atoms with Gasteiger partial charge in [-0.25, -0.2) is 4.79 Å². The molecule has 0 radical (unpaired) electrons. The molecule has 2 rings (SSSR count). The van der Waals surface area contributed by atoms with Crippen molar-refractivity contribution in [1.29, 1.82) is 0 Å². The van der Waals surface area contributed by atoms with Crippen LogP contribution in [0.25, 0.3) is 0 Å². The van der Waals surface area contributed by atoms with Crippen LogP contribution in [0, 0.1) is 0 Å². The minimum atomic E-state index is -0.804. The van der Waals surface area contributed by atoms with Gasteiger partial charge in [-0.05, 0) is 36.2 Å². The Morgan fingerprint density at radius 3 is 2.38 bits per heavy atom. The van der Waals surface area contributed by atoms with Gasteiger partial charge in [0.05, 0.1) is 5.56 Å².